The van der Waals surface area contributed by atoms with Crippen LogP contribution in [0.5, 0.6) is 0 Å². The summed E-state index contributed by atoms with van der Waals surface area (Å²) in [5.41, 5.74) is 0.601. The van der Waals surface area contributed by atoms with Crippen LogP contribution in [-0.2, 0) is 21.8 Å². The van der Waals surface area contributed by atoms with Crippen molar-refractivity contribution in [2.75, 3.05) is 13.7 Å². The molecule has 10 heteroatoms. The Morgan fingerprint density at radius 1 is 1.38 bits per heavy atom. The Balaban J connectivity index is 1.74. The van der Waals surface area contributed by atoms with Crippen molar-refractivity contribution in [1.29, 1.82) is 0 Å². The van der Waals surface area contributed by atoms with Crippen molar-refractivity contribution in [2.24, 2.45) is 0 Å². The van der Waals surface area contributed by atoms with Crippen molar-refractivity contribution in [3.05, 3.63) is 45.9 Å². The van der Waals surface area contributed by atoms with Gasteiger partial charge in [0.1, 0.15) is 0 Å². The Hall–Kier alpha value is -2.72. The van der Waals surface area contributed by atoms with Gasteiger partial charge in [-0.2, -0.15) is 0 Å². The van der Waals surface area contributed by atoms with Crippen LogP contribution in [0.1, 0.15) is 35.0 Å². The number of fused-ring (bicyclic) bond motifs is 1. The number of rotatable bonds is 6. The molecule has 0 radical (unpaired) electrons. The van der Waals surface area contributed by atoms with Gasteiger partial charge in [-0.05, 0) is 31.0 Å². The number of thioether (sulfide) groups is 1. The fourth-order valence-electron chi connectivity index (χ4n) is 3.23. The molecule has 1 aromatic carbocycles. The molecule has 2 aromatic heterocycles. The molecular weight excluding hydrogens is 396 g/mol. The van der Waals surface area contributed by atoms with Crippen LogP contribution in [0.2, 0.25) is 0 Å². The van der Waals surface area contributed by atoms with Gasteiger partial charge in [0.25, 0.3) is 5.56 Å². The summed E-state index contributed by atoms with van der Waals surface area (Å²) in [5.74, 6) is 0.828. The second-order valence-corrected chi connectivity index (χ2v) is 7.61. The number of carbonyl (C=O) groups is 1. The second-order valence-electron chi connectivity index (χ2n) is 6.67. The second kappa shape index (κ2) is 8.34. The molecule has 1 saturated heterocycles. The van der Waals surface area contributed by atoms with Crippen LogP contribution in [0.15, 0.2) is 32.6 Å². The maximum Gasteiger partial charge on any atom is 0.337 e. The number of ether oxygens (including phenoxy) is 2. The van der Waals surface area contributed by atoms with Gasteiger partial charge in [0.05, 0.1) is 42.0 Å². The lowest BCUT2D eigenvalue weighted by molar-refractivity contribution is 0.0601. The van der Waals surface area contributed by atoms with E-state index in [1.165, 1.54) is 18.9 Å². The topological polar surface area (TPSA) is 109 Å². The van der Waals surface area contributed by atoms with Gasteiger partial charge in [0.2, 0.25) is 11.8 Å². The van der Waals surface area contributed by atoms with Crippen molar-refractivity contribution >= 4 is 28.6 Å². The van der Waals surface area contributed by atoms with Crippen molar-refractivity contribution < 1.29 is 18.7 Å². The minimum atomic E-state index is -0.479. The molecule has 1 atom stereocenters. The van der Waals surface area contributed by atoms with Gasteiger partial charge in [0.15, 0.2) is 5.16 Å². The zero-order chi connectivity index (χ0) is 20.4. The molecule has 3 aromatic rings. The number of hydrogen-bond donors (Lipinski definition) is 0. The number of aryl methyl sites for hydroxylation is 1. The first-order valence-corrected chi connectivity index (χ1v) is 10.2. The van der Waals surface area contributed by atoms with Crippen LogP contribution in [0.25, 0.3) is 10.9 Å². The van der Waals surface area contributed by atoms with Crippen LogP contribution in [-0.4, -0.2) is 45.5 Å². The molecule has 0 unspecified atom stereocenters. The molecule has 152 valence electrons. The summed E-state index contributed by atoms with van der Waals surface area (Å²) in [5, 5.41) is 8.76. The monoisotopic (exact) mass is 416 g/mol. The highest BCUT2D eigenvalue weighted by atomic mass is 32.2. The number of methoxy groups -OCH3 is 1. The first-order chi connectivity index (χ1) is 14.0. The van der Waals surface area contributed by atoms with Crippen LogP contribution >= 0.6 is 11.8 Å². The fraction of sp³-hybridized carbons (Fsp3) is 0.421. The normalized spacial score (nSPS) is 16.4. The van der Waals surface area contributed by atoms with Gasteiger partial charge >= 0.3 is 5.97 Å². The predicted octanol–water partition coefficient (Wildman–Crippen LogP) is 2.35. The molecule has 9 nitrogen and oxygen atoms in total. The highest BCUT2D eigenvalue weighted by molar-refractivity contribution is 7.98. The summed E-state index contributed by atoms with van der Waals surface area (Å²) in [4.78, 5) is 29.7. The SMILES string of the molecule is COC(=O)c1ccc2c(=O)n(C[C@H]3CCCO3)c(SCc3nnc(C)o3)nc2c1. The molecule has 1 aliphatic rings. The standard InChI is InChI=1S/C19H20N4O5S/c1-11-21-22-16(28-11)10-29-19-20-15-8-12(18(25)26-2)5-6-14(15)17(24)23(19)9-13-4-3-7-27-13/h5-6,8,13H,3-4,7,9-10H2,1-2H3/t13-/m1/s1. The molecule has 0 amide bonds. The molecule has 1 aliphatic heterocycles. The first kappa shape index (κ1) is 19.6. The van der Waals surface area contributed by atoms with Crippen molar-refractivity contribution in [1.82, 2.24) is 19.7 Å². The van der Waals surface area contributed by atoms with Gasteiger partial charge in [-0.1, -0.05) is 11.8 Å². The van der Waals surface area contributed by atoms with E-state index in [2.05, 4.69) is 15.2 Å². The van der Waals surface area contributed by atoms with Gasteiger partial charge in [-0.25, -0.2) is 9.78 Å². The van der Waals surface area contributed by atoms with E-state index in [4.69, 9.17) is 13.9 Å². The average molecular weight is 416 g/mol. The van der Waals surface area contributed by atoms with E-state index in [1.807, 2.05) is 0 Å². The summed E-state index contributed by atoms with van der Waals surface area (Å²) in [6.45, 7) is 2.84. The van der Waals surface area contributed by atoms with Gasteiger partial charge in [-0.3, -0.25) is 9.36 Å². The molecule has 3 heterocycles. The molecule has 29 heavy (non-hydrogen) atoms. The third-order valence-electron chi connectivity index (χ3n) is 4.64. The molecule has 0 aliphatic carbocycles. The van der Waals surface area contributed by atoms with Crippen molar-refractivity contribution in [3.8, 4) is 0 Å². The summed E-state index contributed by atoms with van der Waals surface area (Å²) in [6, 6.07) is 4.75. The number of esters is 1. The average Bonchev–Trinajstić information content (AvgIpc) is 3.39. The number of carbonyl (C=O) groups excluding carboxylic acids is 1. The van der Waals surface area contributed by atoms with E-state index < -0.39 is 5.97 Å². The smallest absolute Gasteiger partial charge is 0.337 e. The third kappa shape index (κ3) is 4.18. The Morgan fingerprint density at radius 2 is 2.24 bits per heavy atom. The predicted molar refractivity (Wildman–Crippen MR) is 105 cm³/mol. The number of aromatic nitrogens is 4. The van der Waals surface area contributed by atoms with E-state index in [0.29, 0.717) is 52.3 Å². The van der Waals surface area contributed by atoms with E-state index in [0.717, 1.165) is 12.8 Å². The molecular formula is C19H20N4O5S. The van der Waals surface area contributed by atoms with Gasteiger partial charge in [-0.15, -0.1) is 10.2 Å². The van der Waals surface area contributed by atoms with Crippen molar-refractivity contribution in [2.45, 2.75) is 43.3 Å². The molecule has 0 spiro atoms. The highest BCUT2D eigenvalue weighted by Gasteiger charge is 2.21. The molecule has 4 rings (SSSR count). The zero-order valence-corrected chi connectivity index (χ0v) is 16.9. The first-order valence-electron chi connectivity index (χ1n) is 9.21. The third-order valence-corrected chi connectivity index (χ3v) is 5.61. The maximum atomic E-state index is 13.2. The Labute approximate surface area is 170 Å². The molecule has 1 fully saturated rings. The summed E-state index contributed by atoms with van der Waals surface area (Å²) in [7, 11) is 1.31. The lowest BCUT2D eigenvalue weighted by Crippen LogP contribution is -2.29. The van der Waals surface area contributed by atoms with Crippen LogP contribution in [0.3, 0.4) is 0 Å². The maximum absolute atomic E-state index is 13.2. The summed E-state index contributed by atoms with van der Waals surface area (Å²) < 4.78 is 17.5. The summed E-state index contributed by atoms with van der Waals surface area (Å²) >= 11 is 1.33. The van der Waals surface area contributed by atoms with Crippen LogP contribution < -0.4 is 5.56 Å². The molecule has 0 saturated carbocycles. The minimum Gasteiger partial charge on any atom is -0.465 e. The van der Waals surface area contributed by atoms with E-state index in [1.54, 1.807) is 29.7 Å². The highest BCUT2D eigenvalue weighted by Crippen LogP contribution is 2.24. The van der Waals surface area contributed by atoms with E-state index in [9.17, 15) is 9.59 Å². The number of benzene rings is 1. The summed E-state index contributed by atoms with van der Waals surface area (Å²) in [6.07, 6.45) is 1.86. The Bertz CT molecular complexity index is 1100. The number of hydrogen-bond acceptors (Lipinski definition) is 9. The van der Waals surface area contributed by atoms with Crippen LogP contribution in [0.4, 0.5) is 0 Å². The zero-order valence-electron chi connectivity index (χ0n) is 16.1. The fourth-order valence-corrected chi connectivity index (χ4v) is 4.08. The van der Waals surface area contributed by atoms with E-state index in [-0.39, 0.29) is 11.7 Å². The quantitative estimate of drug-likeness (QED) is 0.340. The number of nitrogens with zero attached hydrogens (tertiary/aromatic N) is 4. The lowest BCUT2D eigenvalue weighted by atomic mass is 10.1. The van der Waals surface area contributed by atoms with Crippen molar-refractivity contribution in [3.63, 3.8) is 0 Å². The van der Waals surface area contributed by atoms with E-state index >= 15 is 0 Å². The van der Waals surface area contributed by atoms with Crippen LogP contribution in [0, 0.1) is 6.92 Å². The largest absolute Gasteiger partial charge is 0.465 e. The Kier molecular flexibility index (Phi) is 5.63. The van der Waals surface area contributed by atoms with Gasteiger partial charge in [0, 0.05) is 13.5 Å². The van der Waals surface area contributed by atoms with Gasteiger partial charge < -0.3 is 13.9 Å². The minimum absolute atomic E-state index is 0.0220. The lowest BCUT2D eigenvalue weighted by Gasteiger charge is -2.16. The molecule has 0 bridgehead atoms. The molecule has 0 N–H and O–H groups in total. The Morgan fingerprint density at radius 3 is 2.93 bits per heavy atom.